The van der Waals surface area contributed by atoms with Gasteiger partial charge in [-0.15, -0.1) is 0 Å². The smallest absolute Gasteiger partial charge is 0.259 e. The molecule has 1 heterocycles. The minimum atomic E-state index is -3.69. The summed E-state index contributed by atoms with van der Waals surface area (Å²) >= 11 is 0. The normalized spacial score (nSPS) is 14.6. The average Bonchev–Trinajstić information content (AvgIpc) is 2.79. The number of rotatable bonds is 7. The molecule has 0 spiro atoms. The fraction of sp³-hybridized carbons (Fsp3) is 0.333. The quantitative estimate of drug-likeness (QED) is 0.688. The van der Waals surface area contributed by atoms with Crippen LogP contribution in [-0.2, 0) is 19.6 Å². The first-order valence-corrected chi connectivity index (χ1v) is 11.1. The van der Waals surface area contributed by atoms with E-state index in [1.54, 1.807) is 50.5 Å². The van der Waals surface area contributed by atoms with Gasteiger partial charge in [-0.3, -0.25) is 9.59 Å². The number of likely N-dealkylation sites (N-methyl/N-ethyl adjacent to an activating group) is 1. The lowest BCUT2D eigenvalue weighted by Gasteiger charge is -2.26. The van der Waals surface area contributed by atoms with Gasteiger partial charge in [-0.1, -0.05) is 6.07 Å². The largest absolute Gasteiger partial charge is 0.484 e. The first-order chi connectivity index (χ1) is 14.8. The number of nitrogens with one attached hydrogen (secondary N) is 1. The summed E-state index contributed by atoms with van der Waals surface area (Å²) in [5.74, 6) is -0.105. The van der Waals surface area contributed by atoms with Crippen molar-refractivity contribution in [3.63, 3.8) is 0 Å². The summed E-state index contributed by atoms with van der Waals surface area (Å²) in [6.45, 7) is 1.19. The lowest BCUT2D eigenvalue weighted by atomic mass is 10.2. The van der Waals surface area contributed by atoms with E-state index in [9.17, 15) is 18.0 Å². The zero-order valence-corrected chi connectivity index (χ0v) is 18.2. The van der Waals surface area contributed by atoms with Crippen LogP contribution >= 0.6 is 0 Å². The summed E-state index contributed by atoms with van der Waals surface area (Å²) in [7, 11) is -0.402. The third-order valence-corrected chi connectivity index (χ3v) is 6.57. The third-order valence-electron chi connectivity index (χ3n) is 4.68. The lowest BCUT2D eigenvalue weighted by molar-refractivity contribution is -0.130. The van der Waals surface area contributed by atoms with Gasteiger partial charge in [0.2, 0.25) is 10.0 Å². The molecule has 2 aromatic rings. The van der Waals surface area contributed by atoms with Gasteiger partial charge in [0.05, 0.1) is 18.1 Å². The molecule has 1 N–H and O–H groups in total. The number of hydrogen-bond donors (Lipinski definition) is 1. The van der Waals surface area contributed by atoms with Crippen LogP contribution in [-0.4, -0.2) is 76.4 Å². The van der Waals surface area contributed by atoms with E-state index in [1.807, 2.05) is 0 Å². The van der Waals surface area contributed by atoms with Crippen molar-refractivity contribution in [2.45, 2.75) is 4.90 Å². The van der Waals surface area contributed by atoms with Crippen LogP contribution in [0.25, 0.3) is 0 Å². The van der Waals surface area contributed by atoms with E-state index >= 15 is 0 Å². The van der Waals surface area contributed by atoms with Crippen LogP contribution in [0.3, 0.4) is 0 Å². The molecule has 0 aromatic heterocycles. The van der Waals surface area contributed by atoms with Crippen LogP contribution in [0.2, 0.25) is 0 Å². The third kappa shape index (κ3) is 5.81. The zero-order chi connectivity index (χ0) is 22.4. The number of sulfonamides is 1. The minimum Gasteiger partial charge on any atom is -0.484 e. The van der Waals surface area contributed by atoms with Crippen molar-refractivity contribution in [1.29, 1.82) is 0 Å². The summed E-state index contributed by atoms with van der Waals surface area (Å²) in [6, 6.07) is 12.5. The standard InChI is InChI=1S/C21H25N3O6S/c1-23(2)20(25)15-30-18-8-6-17(7-9-18)22-21(26)16-4-3-5-19(14-16)31(27,28)24-10-12-29-13-11-24/h3-9,14H,10-13,15H2,1-2H3,(H,22,26). The molecule has 166 valence electrons. The van der Waals surface area contributed by atoms with Gasteiger partial charge >= 0.3 is 0 Å². The highest BCUT2D eigenvalue weighted by Gasteiger charge is 2.26. The molecule has 2 aromatic carbocycles. The van der Waals surface area contributed by atoms with Crippen LogP contribution in [0.1, 0.15) is 10.4 Å². The number of carbonyl (C=O) groups is 2. The summed E-state index contributed by atoms with van der Waals surface area (Å²) in [4.78, 5) is 25.7. The number of amides is 2. The maximum atomic E-state index is 12.8. The van der Waals surface area contributed by atoms with Gasteiger partial charge in [-0.2, -0.15) is 4.31 Å². The maximum absolute atomic E-state index is 12.8. The van der Waals surface area contributed by atoms with Crippen molar-refractivity contribution in [2.75, 3.05) is 52.3 Å². The number of nitrogens with zero attached hydrogens (tertiary/aromatic N) is 2. The van der Waals surface area contributed by atoms with E-state index in [4.69, 9.17) is 9.47 Å². The molecular formula is C21H25N3O6S. The van der Waals surface area contributed by atoms with Gasteiger partial charge in [0.15, 0.2) is 6.61 Å². The van der Waals surface area contributed by atoms with E-state index in [1.165, 1.54) is 21.3 Å². The molecule has 0 saturated carbocycles. The van der Waals surface area contributed by atoms with Crippen molar-refractivity contribution < 1.29 is 27.5 Å². The van der Waals surface area contributed by atoms with Gasteiger partial charge in [-0.25, -0.2) is 8.42 Å². The van der Waals surface area contributed by atoms with Gasteiger partial charge in [0.1, 0.15) is 5.75 Å². The van der Waals surface area contributed by atoms with Crippen molar-refractivity contribution >= 4 is 27.5 Å². The van der Waals surface area contributed by atoms with Crippen LogP contribution in [0.5, 0.6) is 5.75 Å². The average molecular weight is 448 g/mol. The molecule has 31 heavy (non-hydrogen) atoms. The van der Waals surface area contributed by atoms with Crippen LogP contribution < -0.4 is 10.1 Å². The number of morpholine rings is 1. The zero-order valence-electron chi connectivity index (χ0n) is 17.4. The molecule has 0 bridgehead atoms. The van der Waals surface area contributed by atoms with Crippen molar-refractivity contribution in [3.05, 3.63) is 54.1 Å². The molecule has 1 aliphatic heterocycles. The Bertz CT molecular complexity index is 1030. The Morgan fingerprint density at radius 3 is 2.42 bits per heavy atom. The van der Waals surface area contributed by atoms with Crippen molar-refractivity contribution in [3.8, 4) is 5.75 Å². The van der Waals surface area contributed by atoms with Crippen LogP contribution in [0.15, 0.2) is 53.4 Å². The molecule has 0 unspecified atom stereocenters. The minimum absolute atomic E-state index is 0.0661. The molecule has 2 amide bonds. The highest BCUT2D eigenvalue weighted by atomic mass is 32.2. The van der Waals surface area contributed by atoms with Gasteiger partial charge < -0.3 is 19.7 Å². The first-order valence-electron chi connectivity index (χ1n) is 9.70. The van der Waals surface area contributed by atoms with Crippen LogP contribution in [0, 0.1) is 0 Å². The Morgan fingerprint density at radius 1 is 1.10 bits per heavy atom. The Balaban J connectivity index is 1.65. The van der Waals surface area contributed by atoms with Gasteiger partial charge in [-0.05, 0) is 42.5 Å². The molecule has 0 atom stereocenters. The molecule has 0 aliphatic carbocycles. The molecule has 9 nitrogen and oxygen atoms in total. The van der Waals surface area contributed by atoms with E-state index < -0.39 is 15.9 Å². The Kier molecular flexibility index (Phi) is 7.26. The summed E-state index contributed by atoms with van der Waals surface area (Å²) in [6.07, 6.45) is 0. The maximum Gasteiger partial charge on any atom is 0.259 e. The number of carbonyl (C=O) groups excluding carboxylic acids is 2. The molecule has 1 aliphatic rings. The van der Waals surface area contributed by atoms with E-state index in [0.717, 1.165) is 0 Å². The summed E-state index contributed by atoms with van der Waals surface area (Å²) < 4.78 is 37.6. The summed E-state index contributed by atoms with van der Waals surface area (Å²) in [5.41, 5.74) is 0.740. The number of ether oxygens (including phenoxy) is 2. The van der Waals surface area contributed by atoms with Crippen molar-refractivity contribution in [1.82, 2.24) is 9.21 Å². The second-order valence-electron chi connectivity index (χ2n) is 7.10. The Morgan fingerprint density at radius 2 is 1.77 bits per heavy atom. The monoisotopic (exact) mass is 447 g/mol. The SMILES string of the molecule is CN(C)C(=O)COc1ccc(NC(=O)c2cccc(S(=O)(=O)N3CCOCC3)c2)cc1. The predicted molar refractivity (Wildman–Crippen MR) is 115 cm³/mol. The number of anilines is 1. The molecule has 3 rings (SSSR count). The molecular weight excluding hydrogens is 422 g/mol. The highest BCUT2D eigenvalue weighted by Crippen LogP contribution is 2.20. The molecule has 1 saturated heterocycles. The topological polar surface area (TPSA) is 105 Å². The fourth-order valence-electron chi connectivity index (χ4n) is 2.85. The van der Waals surface area contributed by atoms with Gasteiger partial charge in [0, 0.05) is 38.4 Å². The Hall–Kier alpha value is -2.95. The van der Waals surface area contributed by atoms with Gasteiger partial charge in [0.25, 0.3) is 11.8 Å². The van der Waals surface area contributed by atoms with Crippen LogP contribution in [0.4, 0.5) is 5.69 Å². The summed E-state index contributed by atoms with van der Waals surface area (Å²) in [5, 5.41) is 2.73. The first kappa shape index (κ1) is 22.7. The second-order valence-corrected chi connectivity index (χ2v) is 9.04. The lowest BCUT2D eigenvalue weighted by Crippen LogP contribution is -2.40. The van der Waals surface area contributed by atoms with E-state index in [-0.39, 0.29) is 36.1 Å². The molecule has 0 radical (unpaired) electrons. The van der Waals surface area contributed by atoms with Crippen molar-refractivity contribution in [2.24, 2.45) is 0 Å². The fourth-order valence-corrected chi connectivity index (χ4v) is 4.30. The van der Waals surface area contributed by atoms with E-state index in [0.29, 0.717) is 24.7 Å². The predicted octanol–water partition coefficient (Wildman–Crippen LogP) is 1.43. The highest BCUT2D eigenvalue weighted by molar-refractivity contribution is 7.89. The second kappa shape index (κ2) is 9.90. The Labute approximate surface area is 181 Å². The number of hydrogen-bond acceptors (Lipinski definition) is 6. The number of benzene rings is 2. The molecule has 10 heteroatoms. The molecule has 1 fully saturated rings. The van der Waals surface area contributed by atoms with E-state index in [2.05, 4.69) is 5.32 Å².